The van der Waals surface area contributed by atoms with Gasteiger partial charge in [0.05, 0.1) is 27.5 Å². The Kier molecular flexibility index (Phi) is 7.60. The number of carbonyl (C=O) groups excluding carboxylic acids is 2. The number of allylic oxidation sites excluding steroid dienone is 2. The molecular weight excluding hydrogens is 506 g/mol. The second-order valence-corrected chi connectivity index (χ2v) is 10.1. The number of pyridine rings is 1. The van der Waals surface area contributed by atoms with Gasteiger partial charge in [0.2, 0.25) is 5.75 Å². The van der Waals surface area contributed by atoms with Crippen molar-refractivity contribution >= 4 is 17.5 Å². The normalized spacial score (nSPS) is 20.4. The molecular formula is C32H34N3O5+. The summed E-state index contributed by atoms with van der Waals surface area (Å²) in [6.45, 7) is 6.23. The molecule has 8 heteroatoms. The highest BCUT2D eigenvalue weighted by molar-refractivity contribution is 6.03. The number of hydrogen-bond donors (Lipinski definition) is 2. The van der Waals surface area contributed by atoms with Crippen LogP contribution in [0.1, 0.15) is 41.4 Å². The monoisotopic (exact) mass is 540 g/mol. The van der Waals surface area contributed by atoms with Crippen LogP contribution in [0.25, 0.3) is 0 Å². The number of benzene rings is 2. The molecule has 5 rings (SSSR count). The molecule has 3 atom stereocenters. The van der Waals surface area contributed by atoms with Gasteiger partial charge in [-0.3, -0.25) is 4.79 Å². The number of aromatic amines is 1. The van der Waals surface area contributed by atoms with E-state index in [4.69, 9.17) is 14.2 Å². The fourth-order valence-electron chi connectivity index (χ4n) is 5.82. The first kappa shape index (κ1) is 27.0. The lowest BCUT2D eigenvalue weighted by Crippen LogP contribution is -2.43. The number of aryl methyl sites for hydroxylation is 1. The summed E-state index contributed by atoms with van der Waals surface area (Å²) in [5, 5.41) is 6.34. The van der Waals surface area contributed by atoms with Gasteiger partial charge in [0.25, 0.3) is 5.82 Å². The van der Waals surface area contributed by atoms with Gasteiger partial charge in [-0.25, -0.2) is 15.1 Å². The van der Waals surface area contributed by atoms with Crippen molar-refractivity contribution in [2.75, 3.05) is 26.6 Å². The van der Waals surface area contributed by atoms with Crippen molar-refractivity contribution in [2.24, 2.45) is 5.92 Å². The van der Waals surface area contributed by atoms with Crippen LogP contribution >= 0.6 is 0 Å². The van der Waals surface area contributed by atoms with Crippen LogP contribution in [0, 0.1) is 12.8 Å². The molecule has 0 bridgehead atoms. The highest BCUT2D eigenvalue weighted by Gasteiger charge is 2.47. The van der Waals surface area contributed by atoms with Crippen molar-refractivity contribution < 1.29 is 28.8 Å². The largest absolute Gasteiger partial charge is 0.493 e. The van der Waals surface area contributed by atoms with E-state index in [1.165, 1.54) is 14.2 Å². The maximum Gasteiger partial charge on any atom is 0.317 e. The van der Waals surface area contributed by atoms with Gasteiger partial charge < -0.3 is 19.5 Å². The lowest BCUT2D eigenvalue weighted by atomic mass is 9.68. The minimum atomic E-state index is -0.808. The molecule has 2 aliphatic rings. The number of hydrogen-bond acceptors (Lipinski definition) is 6. The summed E-state index contributed by atoms with van der Waals surface area (Å²) >= 11 is 0. The second-order valence-electron chi connectivity index (χ2n) is 10.1. The summed E-state index contributed by atoms with van der Waals surface area (Å²) in [5.74, 6) is 0.0655. The molecule has 1 amide bonds. The van der Waals surface area contributed by atoms with Crippen molar-refractivity contribution in [2.45, 2.75) is 31.6 Å². The first-order valence-electron chi connectivity index (χ1n) is 13.2. The van der Waals surface area contributed by atoms with Crippen LogP contribution in [0.5, 0.6) is 17.2 Å². The van der Waals surface area contributed by atoms with Crippen molar-refractivity contribution in [3.63, 3.8) is 0 Å². The van der Waals surface area contributed by atoms with Crippen LogP contribution < -0.4 is 29.8 Å². The lowest BCUT2D eigenvalue weighted by Gasteiger charge is -2.40. The SMILES string of the molecule is C=C1NC2=C(C(=O)CC(c3ccccc3)C2)C(c2ccc(OC)c(OC)c2OC)C1C(=O)Nc1ccc(C)c[nH+]1. The molecule has 0 saturated heterocycles. The maximum atomic E-state index is 14.0. The Labute approximate surface area is 234 Å². The van der Waals surface area contributed by atoms with Crippen molar-refractivity contribution in [3.8, 4) is 17.2 Å². The summed E-state index contributed by atoms with van der Waals surface area (Å²) in [4.78, 5) is 31.0. The zero-order valence-electron chi connectivity index (χ0n) is 23.2. The van der Waals surface area contributed by atoms with E-state index in [0.29, 0.717) is 52.7 Å². The van der Waals surface area contributed by atoms with Gasteiger partial charge in [0.15, 0.2) is 17.3 Å². The molecule has 2 aromatic carbocycles. The molecule has 0 saturated carbocycles. The zero-order valence-corrected chi connectivity index (χ0v) is 23.2. The third kappa shape index (κ3) is 4.93. The number of ketones is 1. The standard InChI is InChI=1S/C32H33N3O5/c1-18-11-14-26(33-17-18)35-32(37)27-19(2)34-23-15-21(20-9-7-6-8-10-20)16-24(36)29(23)28(27)22-12-13-25(38-3)31(40-5)30(22)39-4/h6-14,17,21,27-28,34H,2,15-16H2,1,3-5H3,(H,33,35,37)/p+1. The number of amides is 1. The summed E-state index contributed by atoms with van der Waals surface area (Å²) < 4.78 is 17.0. The highest BCUT2D eigenvalue weighted by atomic mass is 16.5. The van der Waals surface area contributed by atoms with Gasteiger partial charge in [0, 0.05) is 40.9 Å². The van der Waals surface area contributed by atoms with Crippen LogP contribution in [0.15, 0.2) is 84.3 Å². The molecule has 2 heterocycles. The van der Waals surface area contributed by atoms with Gasteiger partial charge >= 0.3 is 5.91 Å². The quantitative estimate of drug-likeness (QED) is 0.451. The van der Waals surface area contributed by atoms with Gasteiger partial charge in [-0.1, -0.05) is 43.0 Å². The predicted molar refractivity (Wildman–Crippen MR) is 151 cm³/mol. The summed E-state index contributed by atoms with van der Waals surface area (Å²) in [6, 6.07) is 17.3. The molecule has 0 fully saturated rings. The van der Waals surface area contributed by atoms with E-state index in [1.54, 1.807) is 19.2 Å². The topological polar surface area (TPSA) is 100 Å². The van der Waals surface area contributed by atoms with Gasteiger partial charge in [-0.05, 0) is 42.5 Å². The molecule has 40 heavy (non-hydrogen) atoms. The first-order chi connectivity index (χ1) is 19.4. The average Bonchev–Trinajstić information content (AvgIpc) is 2.96. The highest BCUT2D eigenvalue weighted by Crippen LogP contribution is 2.52. The summed E-state index contributed by atoms with van der Waals surface area (Å²) in [7, 11) is 4.62. The molecule has 1 aromatic heterocycles. The Balaban J connectivity index is 1.64. The lowest BCUT2D eigenvalue weighted by molar-refractivity contribution is -0.361. The van der Waals surface area contributed by atoms with Crippen LogP contribution in [-0.4, -0.2) is 33.0 Å². The van der Waals surface area contributed by atoms with E-state index in [2.05, 4.69) is 22.2 Å². The van der Waals surface area contributed by atoms with Crippen LogP contribution in [0.4, 0.5) is 5.82 Å². The molecule has 3 N–H and O–H groups in total. The Morgan fingerprint density at radius 3 is 2.38 bits per heavy atom. The minimum absolute atomic E-state index is 0.0170. The number of anilines is 1. The predicted octanol–water partition coefficient (Wildman–Crippen LogP) is 4.69. The number of methoxy groups -OCH3 is 3. The Bertz CT molecular complexity index is 1480. The molecule has 8 nitrogen and oxygen atoms in total. The molecule has 3 aromatic rings. The van der Waals surface area contributed by atoms with Crippen LogP contribution in [0.3, 0.4) is 0 Å². The van der Waals surface area contributed by atoms with Crippen LogP contribution in [0.2, 0.25) is 0 Å². The molecule has 0 radical (unpaired) electrons. The molecule has 0 spiro atoms. The third-order valence-corrected chi connectivity index (χ3v) is 7.69. The van der Waals surface area contributed by atoms with Gasteiger partial charge in [-0.15, -0.1) is 0 Å². The zero-order chi connectivity index (χ0) is 28.4. The van der Waals surface area contributed by atoms with E-state index in [-0.39, 0.29) is 17.6 Å². The first-order valence-corrected chi connectivity index (χ1v) is 13.2. The number of ether oxygens (including phenoxy) is 3. The Hall–Kier alpha value is -4.59. The number of carbonyl (C=O) groups is 2. The van der Waals surface area contributed by atoms with Crippen molar-refractivity contribution in [1.29, 1.82) is 0 Å². The minimum Gasteiger partial charge on any atom is -0.493 e. The van der Waals surface area contributed by atoms with E-state index in [9.17, 15) is 9.59 Å². The van der Waals surface area contributed by atoms with Crippen LogP contribution in [-0.2, 0) is 9.59 Å². The summed E-state index contributed by atoms with van der Waals surface area (Å²) in [6.07, 6.45) is 2.77. The molecule has 1 aliphatic heterocycles. The van der Waals surface area contributed by atoms with Gasteiger partial charge in [0.1, 0.15) is 5.92 Å². The van der Waals surface area contributed by atoms with E-state index < -0.39 is 11.8 Å². The number of H-pyrrole nitrogens is 1. The Morgan fingerprint density at radius 1 is 0.975 bits per heavy atom. The van der Waals surface area contributed by atoms with E-state index in [0.717, 1.165) is 16.8 Å². The second kappa shape index (κ2) is 11.3. The molecule has 1 aliphatic carbocycles. The van der Waals surface area contributed by atoms with Crippen molar-refractivity contribution in [1.82, 2.24) is 5.32 Å². The van der Waals surface area contributed by atoms with Crippen molar-refractivity contribution in [3.05, 3.63) is 101 Å². The number of nitrogens with one attached hydrogen (secondary N) is 3. The average molecular weight is 541 g/mol. The fourth-order valence-corrected chi connectivity index (χ4v) is 5.82. The third-order valence-electron chi connectivity index (χ3n) is 7.69. The number of rotatable bonds is 7. The Morgan fingerprint density at radius 2 is 1.73 bits per heavy atom. The fraction of sp³-hybridized carbons (Fsp3) is 0.281. The van der Waals surface area contributed by atoms with Gasteiger partial charge in [-0.2, -0.15) is 0 Å². The smallest absolute Gasteiger partial charge is 0.317 e. The molecule has 206 valence electrons. The number of Topliss-reactive ketones (excluding diaryl/α,β-unsaturated/α-hetero) is 1. The number of aromatic nitrogens is 1. The van der Waals surface area contributed by atoms with E-state index in [1.807, 2.05) is 55.6 Å². The maximum absolute atomic E-state index is 14.0. The summed E-state index contributed by atoms with van der Waals surface area (Å²) in [5.41, 5.74) is 4.64. The van der Waals surface area contributed by atoms with E-state index >= 15 is 0 Å². The molecule has 3 unspecified atom stereocenters.